The van der Waals surface area contributed by atoms with Crippen molar-refractivity contribution in [2.75, 3.05) is 7.05 Å². The summed E-state index contributed by atoms with van der Waals surface area (Å²) in [5.74, 6) is 1.24. The zero-order chi connectivity index (χ0) is 20.5. The number of benzene rings is 2. The summed E-state index contributed by atoms with van der Waals surface area (Å²) in [5, 5.41) is 10.1. The summed E-state index contributed by atoms with van der Waals surface area (Å²) in [5.41, 5.74) is 2.68. The predicted octanol–water partition coefficient (Wildman–Crippen LogP) is 3.73. The number of aliphatic imine (C=N–C) groups is 1. The van der Waals surface area contributed by atoms with Crippen LogP contribution in [-0.4, -0.2) is 18.9 Å². The summed E-state index contributed by atoms with van der Waals surface area (Å²) in [6, 6.07) is 18.7. The molecule has 2 aromatic carbocycles. The van der Waals surface area contributed by atoms with Crippen LogP contribution in [0.4, 0.5) is 0 Å². The number of carbonyl (C=O) groups excluding carboxylic acids is 1. The Labute approximate surface area is 175 Å². The number of hydrogen-bond acceptors (Lipinski definition) is 3. The molecular formula is C22H23ClN4O2. The molecule has 0 spiro atoms. The fourth-order valence-electron chi connectivity index (χ4n) is 2.70. The topological polar surface area (TPSA) is 78.7 Å². The third kappa shape index (κ3) is 6.40. The summed E-state index contributed by atoms with van der Waals surface area (Å²) < 4.78 is 5.23. The largest absolute Gasteiger partial charge is 0.467 e. The molecule has 1 amide bonds. The van der Waals surface area contributed by atoms with Gasteiger partial charge in [0, 0.05) is 30.7 Å². The third-order valence-electron chi connectivity index (χ3n) is 4.25. The number of carbonyl (C=O) groups is 1. The van der Waals surface area contributed by atoms with Crippen LogP contribution in [0, 0.1) is 0 Å². The SMILES string of the molecule is CN=C(NCc1ccc(Cl)cc1)NCc1cccc(C(=O)NCc2ccco2)c1. The molecule has 1 heterocycles. The lowest BCUT2D eigenvalue weighted by atomic mass is 10.1. The van der Waals surface area contributed by atoms with Crippen molar-refractivity contribution in [3.8, 4) is 0 Å². The minimum Gasteiger partial charge on any atom is -0.467 e. The zero-order valence-electron chi connectivity index (χ0n) is 16.1. The lowest BCUT2D eigenvalue weighted by Crippen LogP contribution is -2.36. The average molecular weight is 411 g/mol. The first kappa shape index (κ1) is 20.5. The lowest BCUT2D eigenvalue weighted by Gasteiger charge is -2.13. The van der Waals surface area contributed by atoms with Crippen molar-refractivity contribution in [3.05, 3.63) is 94.4 Å². The van der Waals surface area contributed by atoms with Gasteiger partial charge < -0.3 is 20.4 Å². The highest BCUT2D eigenvalue weighted by atomic mass is 35.5. The van der Waals surface area contributed by atoms with Crippen LogP contribution < -0.4 is 16.0 Å². The molecule has 0 bridgehead atoms. The van der Waals surface area contributed by atoms with Crippen molar-refractivity contribution in [2.24, 2.45) is 4.99 Å². The minimum atomic E-state index is -0.145. The Morgan fingerprint density at radius 2 is 1.69 bits per heavy atom. The van der Waals surface area contributed by atoms with E-state index in [2.05, 4.69) is 20.9 Å². The van der Waals surface area contributed by atoms with Gasteiger partial charge in [0.25, 0.3) is 5.91 Å². The molecule has 0 radical (unpaired) electrons. The van der Waals surface area contributed by atoms with Crippen molar-refractivity contribution in [1.82, 2.24) is 16.0 Å². The van der Waals surface area contributed by atoms with Gasteiger partial charge in [-0.1, -0.05) is 35.9 Å². The summed E-state index contributed by atoms with van der Waals surface area (Å²) in [6.07, 6.45) is 1.58. The number of halogens is 1. The molecule has 29 heavy (non-hydrogen) atoms. The van der Waals surface area contributed by atoms with E-state index in [0.717, 1.165) is 11.1 Å². The molecule has 0 aliphatic heterocycles. The molecule has 0 aliphatic carbocycles. The van der Waals surface area contributed by atoms with Crippen LogP contribution in [0.15, 0.2) is 76.3 Å². The molecule has 1 aromatic heterocycles. The molecule has 7 heteroatoms. The average Bonchev–Trinajstić information content (AvgIpc) is 3.27. The maximum atomic E-state index is 12.4. The van der Waals surface area contributed by atoms with Crippen LogP contribution in [0.25, 0.3) is 0 Å². The van der Waals surface area contributed by atoms with Gasteiger partial charge >= 0.3 is 0 Å². The Bertz CT molecular complexity index is 953. The molecule has 3 aromatic rings. The quantitative estimate of drug-likeness (QED) is 0.409. The first-order valence-corrected chi connectivity index (χ1v) is 9.60. The summed E-state index contributed by atoms with van der Waals surface area (Å²) >= 11 is 5.91. The van der Waals surface area contributed by atoms with Crippen LogP contribution in [-0.2, 0) is 19.6 Å². The van der Waals surface area contributed by atoms with Gasteiger partial charge in [-0.25, -0.2) is 0 Å². The second-order valence-electron chi connectivity index (χ2n) is 6.37. The molecular weight excluding hydrogens is 388 g/mol. The third-order valence-corrected chi connectivity index (χ3v) is 4.50. The van der Waals surface area contributed by atoms with E-state index in [-0.39, 0.29) is 5.91 Å². The van der Waals surface area contributed by atoms with Gasteiger partial charge in [-0.2, -0.15) is 0 Å². The van der Waals surface area contributed by atoms with E-state index in [9.17, 15) is 4.79 Å². The first-order valence-electron chi connectivity index (χ1n) is 9.22. The first-order chi connectivity index (χ1) is 14.1. The molecule has 0 atom stereocenters. The van der Waals surface area contributed by atoms with E-state index in [4.69, 9.17) is 16.0 Å². The van der Waals surface area contributed by atoms with Crippen molar-refractivity contribution >= 4 is 23.5 Å². The number of rotatable bonds is 7. The van der Waals surface area contributed by atoms with Gasteiger partial charge in [0.2, 0.25) is 0 Å². The summed E-state index contributed by atoms with van der Waals surface area (Å²) in [6.45, 7) is 1.53. The highest BCUT2D eigenvalue weighted by molar-refractivity contribution is 6.30. The Morgan fingerprint density at radius 3 is 2.38 bits per heavy atom. The number of amides is 1. The van der Waals surface area contributed by atoms with Crippen LogP contribution >= 0.6 is 11.6 Å². The van der Waals surface area contributed by atoms with Gasteiger partial charge in [-0.3, -0.25) is 9.79 Å². The Balaban J connectivity index is 1.50. The Hall–Kier alpha value is -3.25. The van der Waals surface area contributed by atoms with Crippen molar-refractivity contribution < 1.29 is 9.21 Å². The van der Waals surface area contributed by atoms with Crippen LogP contribution in [0.2, 0.25) is 5.02 Å². The molecule has 3 rings (SSSR count). The van der Waals surface area contributed by atoms with Gasteiger partial charge in [0.05, 0.1) is 12.8 Å². The summed E-state index contributed by atoms with van der Waals surface area (Å²) in [7, 11) is 1.72. The second kappa shape index (κ2) is 10.3. The van der Waals surface area contributed by atoms with Crippen molar-refractivity contribution in [3.63, 3.8) is 0 Å². The standard InChI is InChI=1S/C22H23ClN4O2/c1-24-22(26-13-16-7-9-19(23)10-8-16)27-14-17-4-2-5-18(12-17)21(28)25-15-20-6-3-11-29-20/h2-12H,13-15H2,1H3,(H,25,28)(H2,24,26,27). The number of guanidine groups is 1. The van der Waals surface area contributed by atoms with Gasteiger partial charge in [-0.15, -0.1) is 0 Å². The van der Waals surface area contributed by atoms with E-state index in [1.807, 2.05) is 48.5 Å². The molecule has 0 aliphatic rings. The Morgan fingerprint density at radius 1 is 0.931 bits per heavy atom. The highest BCUT2D eigenvalue weighted by Crippen LogP contribution is 2.09. The predicted molar refractivity (Wildman–Crippen MR) is 115 cm³/mol. The van der Waals surface area contributed by atoms with Crippen LogP contribution in [0.3, 0.4) is 0 Å². The van der Waals surface area contributed by atoms with E-state index in [1.54, 1.807) is 25.4 Å². The second-order valence-corrected chi connectivity index (χ2v) is 6.80. The molecule has 6 nitrogen and oxygen atoms in total. The van der Waals surface area contributed by atoms with Gasteiger partial charge in [-0.05, 0) is 47.5 Å². The lowest BCUT2D eigenvalue weighted by molar-refractivity contribution is 0.0948. The highest BCUT2D eigenvalue weighted by Gasteiger charge is 2.07. The maximum absolute atomic E-state index is 12.4. The number of hydrogen-bond donors (Lipinski definition) is 3. The van der Waals surface area contributed by atoms with Crippen LogP contribution in [0.1, 0.15) is 27.2 Å². The van der Waals surface area contributed by atoms with Crippen molar-refractivity contribution in [1.29, 1.82) is 0 Å². The molecule has 0 fully saturated rings. The van der Waals surface area contributed by atoms with Crippen molar-refractivity contribution in [2.45, 2.75) is 19.6 Å². The monoisotopic (exact) mass is 410 g/mol. The number of nitrogens with one attached hydrogen (secondary N) is 3. The minimum absolute atomic E-state index is 0.145. The van der Waals surface area contributed by atoms with Gasteiger partial charge in [0.15, 0.2) is 5.96 Å². The fraction of sp³-hybridized carbons (Fsp3) is 0.182. The maximum Gasteiger partial charge on any atom is 0.251 e. The van der Waals surface area contributed by atoms with Crippen LogP contribution in [0.5, 0.6) is 0 Å². The Kier molecular flexibility index (Phi) is 7.30. The van der Waals surface area contributed by atoms with E-state index < -0.39 is 0 Å². The smallest absolute Gasteiger partial charge is 0.251 e. The molecule has 0 saturated heterocycles. The van der Waals surface area contributed by atoms with Gasteiger partial charge in [0.1, 0.15) is 5.76 Å². The van der Waals surface area contributed by atoms with E-state index in [1.165, 1.54) is 0 Å². The molecule has 3 N–H and O–H groups in total. The molecule has 0 unspecified atom stereocenters. The molecule has 150 valence electrons. The van der Waals surface area contributed by atoms with E-state index >= 15 is 0 Å². The molecule has 0 saturated carbocycles. The van der Waals surface area contributed by atoms with E-state index in [0.29, 0.717) is 41.9 Å². The number of nitrogens with zero attached hydrogens (tertiary/aromatic N) is 1. The number of furan rings is 1. The fourth-order valence-corrected chi connectivity index (χ4v) is 2.83. The zero-order valence-corrected chi connectivity index (χ0v) is 16.9. The summed E-state index contributed by atoms with van der Waals surface area (Å²) in [4.78, 5) is 16.6. The normalized spacial score (nSPS) is 11.2.